The Morgan fingerprint density at radius 2 is 1.98 bits per heavy atom. The van der Waals surface area contributed by atoms with Crippen LogP contribution in [-0.2, 0) is 29.5 Å². The second-order valence-electron chi connectivity index (χ2n) is 12.7. The molecule has 2 aliphatic heterocycles. The number of carbonyl (C=O) groups is 1. The quantitative estimate of drug-likeness (QED) is 0.293. The monoisotopic (exact) mass is 668 g/mol. The lowest BCUT2D eigenvalue weighted by molar-refractivity contribution is 0.0461. The van der Waals surface area contributed by atoms with Gasteiger partial charge in [-0.2, -0.15) is 0 Å². The van der Waals surface area contributed by atoms with Crippen LogP contribution in [0.3, 0.4) is 0 Å². The number of sulfonamides is 1. The van der Waals surface area contributed by atoms with E-state index in [-0.39, 0.29) is 23.3 Å². The van der Waals surface area contributed by atoms with Crippen LogP contribution >= 0.6 is 22.9 Å². The molecule has 2 bridgehead atoms. The predicted molar refractivity (Wildman–Crippen MR) is 181 cm³/mol. The van der Waals surface area contributed by atoms with Crippen LogP contribution in [0.5, 0.6) is 5.75 Å². The Kier molecular flexibility index (Phi) is 9.90. The van der Waals surface area contributed by atoms with Crippen molar-refractivity contribution in [3.63, 3.8) is 0 Å². The Hall–Kier alpha value is -2.85. The largest absolute Gasteiger partial charge is 0.487 e. The number of thiophene rings is 1. The van der Waals surface area contributed by atoms with Crippen molar-refractivity contribution in [1.82, 2.24) is 4.72 Å². The van der Waals surface area contributed by atoms with Crippen LogP contribution in [0.2, 0.25) is 5.02 Å². The van der Waals surface area contributed by atoms with E-state index in [9.17, 15) is 18.3 Å². The normalized spacial score (nSPS) is 27.8. The maximum Gasteiger partial charge on any atom is 0.264 e. The van der Waals surface area contributed by atoms with Gasteiger partial charge < -0.3 is 14.7 Å². The number of aliphatic hydroxyl groups is 1. The van der Waals surface area contributed by atoms with Gasteiger partial charge in [0.2, 0.25) is 10.0 Å². The highest BCUT2D eigenvalue weighted by atomic mass is 35.5. The van der Waals surface area contributed by atoms with Gasteiger partial charge in [-0.3, -0.25) is 4.79 Å². The Balaban J connectivity index is 1.38. The number of hydrogen-bond donors (Lipinski definition) is 2. The Morgan fingerprint density at radius 3 is 2.76 bits per heavy atom. The fourth-order valence-electron chi connectivity index (χ4n) is 6.87. The number of aliphatic hydroxyl groups excluding tert-OH is 1. The van der Waals surface area contributed by atoms with E-state index in [0.717, 1.165) is 54.8 Å². The van der Waals surface area contributed by atoms with Gasteiger partial charge in [0.05, 0.1) is 17.0 Å². The molecular weight excluding hydrogens is 628 g/mol. The molecule has 1 fully saturated rings. The standard InChI is InChI=1S/C35H41ClN2O5S2/c1-23-6-4-9-32(39)30-14-11-26(30)21-38-16-3-2-7-24-18-28(36)13-10-27(24)22-43-33-15-12-25(19-31(33)38)35(40)37-45(41,42)34(23)20-29-8-5-17-44-29/h4-5,8-10,12-13,15,17-19,23,26,30,32,34,39H,2-3,6-7,11,14,16,20-22H2,1H3,(H,37,40)/b9-4+. The van der Waals surface area contributed by atoms with Gasteiger partial charge in [-0.15, -0.1) is 11.3 Å². The van der Waals surface area contributed by atoms with Crippen molar-refractivity contribution in [2.24, 2.45) is 17.8 Å². The number of aryl methyl sites for hydroxylation is 1. The van der Waals surface area contributed by atoms with E-state index >= 15 is 0 Å². The Labute approximate surface area is 275 Å². The lowest BCUT2D eigenvalue weighted by Crippen LogP contribution is -2.44. The minimum Gasteiger partial charge on any atom is -0.487 e. The minimum atomic E-state index is -4.04. The molecule has 1 amide bonds. The summed E-state index contributed by atoms with van der Waals surface area (Å²) in [5.74, 6) is 0.123. The molecule has 3 heterocycles. The predicted octanol–water partition coefficient (Wildman–Crippen LogP) is 6.78. The van der Waals surface area contributed by atoms with Crippen molar-refractivity contribution in [3.8, 4) is 5.75 Å². The van der Waals surface area contributed by atoms with Crippen LogP contribution < -0.4 is 14.4 Å². The lowest BCUT2D eigenvalue weighted by atomic mass is 9.70. The van der Waals surface area contributed by atoms with E-state index < -0.39 is 27.3 Å². The van der Waals surface area contributed by atoms with E-state index in [1.807, 2.05) is 54.8 Å². The third-order valence-corrected chi connectivity index (χ3v) is 12.7. The van der Waals surface area contributed by atoms with Crippen LogP contribution in [0, 0.1) is 17.8 Å². The Bertz CT molecular complexity index is 1640. The average molecular weight is 669 g/mol. The number of nitrogens with one attached hydrogen (secondary N) is 1. The van der Waals surface area contributed by atoms with Crippen molar-refractivity contribution < 1.29 is 23.1 Å². The number of fused-ring (bicyclic) bond motifs is 3. The minimum absolute atomic E-state index is 0.121. The van der Waals surface area contributed by atoms with Gasteiger partial charge in [0.1, 0.15) is 12.4 Å². The molecule has 0 saturated heterocycles. The molecule has 7 nitrogen and oxygen atoms in total. The fraction of sp³-hybridized carbons (Fsp3) is 0.457. The summed E-state index contributed by atoms with van der Waals surface area (Å²) in [6.45, 7) is 3.71. The summed E-state index contributed by atoms with van der Waals surface area (Å²) < 4.78 is 36.5. The summed E-state index contributed by atoms with van der Waals surface area (Å²) in [4.78, 5) is 16.9. The first-order valence-electron chi connectivity index (χ1n) is 15.9. The highest BCUT2D eigenvalue weighted by molar-refractivity contribution is 7.90. The average Bonchev–Trinajstić information content (AvgIpc) is 3.50. The second-order valence-corrected chi connectivity index (χ2v) is 16.1. The molecule has 3 aromatic rings. The van der Waals surface area contributed by atoms with Gasteiger partial charge in [0.15, 0.2) is 0 Å². The second kappa shape index (κ2) is 13.9. The molecule has 6 rings (SSSR count). The maximum atomic E-state index is 13.8. The van der Waals surface area contributed by atoms with E-state index in [1.54, 1.807) is 18.2 Å². The molecule has 5 unspecified atom stereocenters. The lowest BCUT2D eigenvalue weighted by Gasteiger charge is -2.42. The molecule has 0 spiro atoms. The van der Waals surface area contributed by atoms with Crippen molar-refractivity contribution >= 4 is 44.6 Å². The first-order valence-corrected chi connectivity index (χ1v) is 18.7. The van der Waals surface area contributed by atoms with Crippen LogP contribution in [-0.4, -0.2) is 43.9 Å². The molecule has 1 saturated carbocycles. The molecule has 3 aliphatic rings. The number of amides is 1. The number of halogens is 1. The number of ether oxygens (including phenoxy) is 1. The van der Waals surface area contributed by atoms with Crippen LogP contribution in [0.4, 0.5) is 5.69 Å². The van der Waals surface area contributed by atoms with Crippen LogP contribution in [0.15, 0.2) is 66.1 Å². The highest BCUT2D eigenvalue weighted by Gasteiger charge is 2.38. The van der Waals surface area contributed by atoms with Gasteiger partial charge in [-0.25, -0.2) is 13.1 Å². The van der Waals surface area contributed by atoms with E-state index in [0.29, 0.717) is 36.8 Å². The van der Waals surface area contributed by atoms with E-state index in [1.165, 1.54) is 16.9 Å². The molecule has 1 aliphatic carbocycles. The van der Waals surface area contributed by atoms with E-state index in [2.05, 4.69) is 9.62 Å². The SMILES string of the molecule is CC1C/C=C/C(O)C2CCC2CN2CCCCc3cc(Cl)ccc3COc3ccc(cc32)C(=O)NS(=O)(=O)C1Cc1cccs1. The number of nitrogens with zero attached hydrogens (tertiary/aromatic N) is 1. The number of allylic oxidation sites excluding steroid dienone is 1. The summed E-state index contributed by atoms with van der Waals surface area (Å²) in [6.07, 6.45) is 8.67. The van der Waals surface area contributed by atoms with Gasteiger partial charge in [0, 0.05) is 35.0 Å². The van der Waals surface area contributed by atoms with Gasteiger partial charge in [-0.05, 0) is 109 Å². The van der Waals surface area contributed by atoms with Crippen molar-refractivity contribution in [2.75, 3.05) is 18.0 Å². The molecule has 10 heteroatoms. The van der Waals surface area contributed by atoms with Gasteiger partial charge in [-0.1, -0.05) is 42.8 Å². The zero-order valence-corrected chi connectivity index (χ0v) is 27.9. The summed E-state index contributed by atoms with van der Waals surface area (Å²) in [5, 5.41) is 13.0. The molecule has 0 radical (unpaired) electrons. The highest BCUT2D eigenvalue weighted by Crippen LogP contribution is 2.41. The first kappa shape index (κ1) is 32.1. The molecule has 5 atom stereocenters. The number of anilines is 1. The first-order chi connectivity index (χ1) is 21.7. The molecule has 1 aromatic heterocycles. The third kappa shape index (κ3) is 7.43. The number of rotatable bonds is 2. The van der Waals surface area contributed by atoms with Crippen molar-refractivity contribution in [3.05, 3.63) is 92.7 Å². The molecule has 240 valence electrons. The fourth-order valence-corrected chi connectivity index (χ4v) is 9.58. The van der Waals surface area contributed by atoms with Crippen LogP contribution in [0.1, 0.15) is 65.4 Å². The topological polar surface area (TPSA) is 95.9 Å². The van der Waals surface area contributed by atoms with Gasteiger partial charge >= 0.3 is 0 Å². The maximum absolute atomic E-state index is 13.8. The third-order valence-electron chi connectivity index (χ3n) is 9.70. The number of carbonyl (C=O) groups excluding carboxylic acids is 1. The molecule has 2 N–H and O–H groups in total. The Morgan fingerprint density at radius 1 is 1.11 bits per heavy atom. The van der Waals surface area contributed by atoms with E-state index in [4.69, 9.17) is 16.3 Å². The molecule has 2 aromatic carbocycles. The molecular formula is C35H41ClN2O5S2. The molecule has 45 heavy (non-hydrogen) atoms. The smallest absolute Gasteiger partial charge is 0.264 e. The number of benzene rings is 2. The summed E-state index contributed by atoms with van der Waals surface area (Å²) in [7, 11) is -4.04. The van der Waals surface area contributed by atoms with Crippen LogP contribution in [0.25, 0.3) is 0 Å². The number of hydrogen-bond acceptors (Lipinski definition) is 7. The summed E-state index contributed by atoms with van der Waals surface area (Å²) >= 11 is 7.83. The zero-order chi connectivity index (χ0) is 31.6. The van der Waals surface area contributed by atoms with Crippen molar-refractivity contribution in [1.29, 1.82) is 0 Å². The summed E-state index contributed by atoms with van der Waals surface area (Å²) in [5.41, 5.74) is 3.28. The van der Waals surface area contributed by atoms with Crippen molar-refractivity contribution in [2.45, 2.75) is 69.8 Å². The van der Waals surface area contributed by atoms with Gasteiger partial charge in [0.25, 0.3) is 5.91 Å². The zero-order valence-electron chi connectivity index (χ0n) is 25.5. The summed E-state index contributed by atoms with van der Waals surface area (Å²) in [6, 6.07) is 14.9.